The average Bonchev–Trinajstić information content (AvgIpc) is 3.22. The molecule has 32 heavy (non-hydrogen) atoms. The van der Waals surface area contributed by atoms with E-state index in [1.807, 2.05) is 45.0 Å². The van der Waals surface area contributed by atoms with Crippen LogP contribution in [0.3, 0.4) is 0 Å². The van der Waals surface area contributed by atoms with Crippen molar-refractivity contribution in [2.24, 2.45) is 5.92 Å². The lowest BCUT2D eigenvalue weighted by atomic mass is 9.98. The van der Waals surface area contributed by atoms with Gasteiger partial charge in [-0.05, 0) is 62.9 Å². The zero-order valence-electron chi connectivity index (χ0n) is 18.7. The number of amides is 1. The van der Waals surface area contributed by atoms with Crippen molar-refractivity contribution in [1.29, 1.82) is 0 Å². The SMILES string of the molecule is Cc1ccccc1CNC(=O)C1CCCN(S(=O)(=O)c2ccc3c(c2)nnn3C(C)C)C1. The summed E-state index contributed by atoms with van der Waals surface area (Å²) in [5, 5.41) is 11.2. The third-order valence-electron chi connectivity index (χ3n) is 6.04. The average molecular weight is 456 g/mol. The first-order valence-electron chi connectivity index (χ1n) is 10.9. The van der Waals surface area contributed by atoms with Crippen LogP contribution in [0.2, 0.25) is 0 Å². The number of sulfonamides is 1. The minimum Gasteiger partial charge on any atom is -0.352 e. The van der Waals surface area contributed by atoms with Gasteiger partial charge in [0, 0.05) is 25.7 Å². The van der Waals surface area contributed by atoms with E-state index in [4.69, 9.17) is 0 Å². The van der Waals surface area contributed by atoms with Crippen LogP contribution in [-0.4, -0.2) is 46.7 Å². The molecule has 1 amide bonds. The Morgan fingerprint density at radius 2 is 2.00 bits per heavy atom. The summed E-state index contributed by atoms with van der Waals surface area (Å²) in [6.45, 7) is 7.02. The monoisotopic (exact) mass is 455 g/mol. The van der Waals surface area contributed by atoms with E-state index in [1.54, 1.807) is 22.9 Å². The second kappa shape index (κ2) is 8.99. The maximum atomic E-state index is 13.3. The first-order valence-corrected chi connectivity index (χ1v) is 12.4. The van der Waals surface area contributed by atoms with Gasteiger partial charge in [0.2, 0.25) is 15.9 Å². The minimum atomic E-state index is -3.73. The fourth-order valence-electron chi connectivity index (χ4n) is 4.12. The molecule has 0 bridgehead atoms. The number of carbonyl (C=O) groups is 1. The summed E-state index contributed by atoms with van der Waals surface area (Å²) < 4.78 is 29.8. The number of fused-ring (bicyclic) bond motifs is 1. The number of hydrogen-bond acceptors (Lipinski definition) is 5. The molecule has 1 saturated heterocycles. The number of rotatable bonds is 6. The molecule has 8 nitrogen and oxygen atoms in total. The summed E-state index contributed by atoms with van der Waals surface area (Å²) in [6.07, 6.45) is 1.32. The lowest BCUT2D eigenvalue weighted by molar-refractivity contribution is -0.126. The van der Waals surface area contributed by atoms with Crippen LogP contribution in [0.25, 0.3) is 11.0 Å². The summed E-state index contributed by atoms with van der Waals surface area (Å²) in [5.41, 5.74) is 3.52. The highest BCUT2D eigenvalue weighted by atomic mass is 32.2. The summed E-state index contributed by atoms with van der Waals surface area (Å²) >= 11 is 0. The molecule has 1 N–H and O–H groups in total. The van der Waals surface area contributed by atoms with Crippen LogP contribution in [0.1, 0.15) is 43.9 Å². The van der Waals surface area contributed by atoms with Crippen LogP contribution in [0.15, 0.2) is 47.4 Å². The Balaban J connectivity index is 1.47. The molecule has 3 aromatic rings. The molecule has 1 unspecified atom stereocenters. The molecule has 0 aliphatic carbocycles. The molecule has 4 rings (SSSR count). The highest BCUT2D eigenvalue weighted by molar-refractivity contribution is 7.89. The highest BCUT2D eigenvalue weighted by Gasteiger charge is 2.33. The van der Waals surface area contributed by atoms with Crippen molar-refractivity contribution < 1.29 is 13.2 Å². The first-order chi connectivity index (χ1) is 15.3. The fraction of sp³-hybridized carbons (Fsp3) is 0.435. The van der Waals surface area contributed by atoms with E-state index in [0.29, 0.717) is 31.4 Å². The molecule has 2 heterocycles. The molecule has 170 valence electrons. The maximum absolute atomic E-state index is 13.3. The second-order valence-corrected chi connectivity index (χ2v) is 10.6. The highest BCUT2D eigenvalue weighted by Crippen LogP contribution is 2.26. The molecule has 1 aliphatic heterocycles. The molecule has 0 radical (unpaired) electrons. The number of nitrogens with one attached hydrogen (secondary N) is 1. The van der Waals surface area contributed by atoms with Crippen LogP contribution < -0.4 is 5.32 Å². The van der Waals surface area contributed by atoms with E-state index < -0.39 is 10.0 Å². The van der Waals surface area contributed by atoms with Crippen molar-refractivity contribution in [3.63, 3.8) is 0 Å². The number of hydrogen-bond donors (Lipinski definition) is 1. The number of benzene rings is 2. The molecule has 9 heteroatoms. The molecular formula is C23H29N5O3S. The fourth-order valence-corrected chi connectivity index (χ4v) is 5.67. The third-order valence-corrected chi connectivity index (χ3v) is 7.90. The van der Waals surface area contributed by atoms with Crippen LogP contribution in [0.4, 0.5) is 0 Å². The van der Waals surface area contributed by atoms with Gasteiger partial charge in [0.15, 0.2) is 0 Å². The zero-order chi connectivity index (χ0) is 22.9. The van der Waals surface area contributed by atoms with Crippen LogP contribution in [-0.2, 0) is 21.4 Å². The zero-order valence-corrected chi connectivity index (χ0v) is 19.5. The van der Waals surface area contributed by atoms with Gasteiger partial charge >= 0.3 is 0 Å². The Labute approximate surface area is 188 Å². The molecular weight excluding hydrogens is 426 g/mol. The summed E-state index contributed by atoms with van der Waals surface area (Å²) in [6, 6.07) is 12.9. The molecule has 2 aromatic carbocycles. The van der Waals surface area contributed by atoms with Gasteiger partial charge in [-0.15, -0.1) is 5.10 Å². The molecule has 1 aliphatic rings. The lowest BCUT2D eigenvalue weighted by Gasteiger charge is -2.31. The molecule has 1 aromatic heterocycles. The Morgan fingerprint density at radius 3 is 2.75 bits per heavy atom. The van der Waals surface area contributed by atoms with Gasteiger partial charge in [0.05, 0.1) is 16.3 Å². The summed E-state index contributed by atoms with van der Waals surface area (Å²) in [5.74, 6) is -0.475. The van der Waals surface area contributed by atoms with Crippen LogP contribution in [0, 0.1) is 12.8 Å². The summed E-state index contributed by atoms with van der Waals surface area (Å²) in [4.78, 5) is 13.0. The second-order valence-electron chi connectivity index (χ2n) is 8.62. The Kier molecular flexibility index (Phi) is 6.30. The lowest BCUT2D eigenvalue weighted by Crippen LogP contribution is -2.45. The van der Waals surface area contributed by atoms with Crippen LogP contribution in [0.5, 0.6) is 0 Å². The van der Waals surface area contributed by atoms with E-state index >= 15 is 0 Å². The van der Waals surface area contributed by atoms with E-state index in [1.165, 1.54) is 4.31 Å². The number of aryl methyl sites for hydroxylation is 1. The third kappa shape index (κ3) is 4.40. The first kappa shape index (κ1) is 22.4. The number of carbonyl (C=O) groups excluding carboxylic acids is 1. The normalized spacial score (nSPS) is 17.7. The molecule has 1 atom stereocenters. The standard InChI is InChI=1S/C23H29N5O3S/c1-16(2)28-22-11-10-20(13-21(22)25-26-28)32(30,31)27-12-6-9-19(15-27)23(29)24-14-18-8-5-4-7-17(18)3/h4-5,7-8,10-11,13,16,19H,6,9,12,14-15H2,1-3H3,(H,24,29). The van der Waals surface area contributed by atoms with Gasteiger partial charge in [0.1, 0.15) is 5.52 Å². The van der Waals surface area contributed by atoms with Gasteiger partial charge in [-0.25, -0.2) is 13.1 Å². The number of piperidine rings is 1. The quantitative estimate of drug-likeness (QED) is 0.616. The van der Waals surface area contributed by atoms with Crippen molar-refractivity contribution >= 4 is 27.0 Å². The van der Waals surface area contributed by atoms with Crippen molar-refractivity contribution in [2.45, 2.75) is 51.1 Å². The van der Waals surface area contributed by atoms with E-state index in [-0.39, 0.29) is 29.3 Å². The number of nitrogens with zero attached hydrogens (tertiary/aromatic N) is 4. The topological polar surface area (TPSA) is 97.2 Å². The maximum Gasteiger partial charge on any atom is 0.243 e. The van der Waals surface area contributed by atoms with Gasteiger partial charge in [0.25, 0.3) is 0 Å². The predicted molar refractivity (Wildman–Crippen MR) is 122 cm³/mol. The van der Waals surface area contributed by atoms with Crippen molar-refractivity contribution in [1.82, 2.24) is 24.6 Å². The van der Waals surface area contributed by atoms with E-state index in [9.17, 15) is 13.2 Å². The predicted octanol–water partition coefficient (Wildman–Crippen LogP) is 3.04. The van der Waals surface area contributed by atoms with Gasteiger partial charge < -0.3 is 5.32 Å². The van der Waals surface area contributed by atoms with Crippen molar-refractivity contribution in [2.75, 3.05) is 13.1 Å². The van der Waals surface area contributed by atoms with Gasteiger partial charge in [-0.2, -0.15) is 4.31 Å². The van der Waals surface area contributed by atoms with E-state index in [0.717, 1.165) is 16.6 Å². The van der Waals surface area contributed by atoms with Crippen molar-refractivity contribution in [3.05, 3.63) is 53.6 Å². The smallest absolute Gasteiger partial charge is 0.243 e. The van der Waals surface area contributed by atoms with Gasteiger partial charge in [-0.1, -0.05) is 29.5 Å². The minimum absolute atomic E-state index is 0.108. The number of aromatic nitrogens is 3. The molecule has 0 saturated carbocycles. The molecule has 1 fully saturated rings. The summed E-state index contributed by atoms with van der Waals surface area (Å²) in [7, 11) is -3.73. The molecule has 0 spiro atoms. The van der Waals surface area contributed by atoms with Crippen LogP contribution >= 0.6 is 0 Å². The largest absolute Gasteiger partial charge is 0.352 e. The van der Waals surface area contributed by atoms with Crippen molar-refractivity contribution in [3.8, 4) is 0 Å². The Hall–Kier alpha value is -2.78. The Bertz CT molecular complexity index is 1240. The van der Waals surface area contributed by atoms with Gasteiger partial charge in [-0.3, -0.25) is 4.79 Å². The van der Waals surface area contributed by atoms with E-state index in [2.05, 4.69) is 15.6 Å². The Morgan fingerprint density at radius 1 is 1.22 bits per heavy atom.